The molecule has 2 rings (SSSR count). The minimum Gasteiger partial charge on any atom is -0.450 e. The lowest BCUT2D eigenvalue weighted by atomic mass is 10.1. The quantitative estimate of drug-likeness (QED) is 0.869. The van der Waals surface area contributed by atoms with Crippen LogP contribution in [0.2, 0.25) is 0 Å². The van der Waals surface area contributed by atoms with E-state index in [9.17, 15) is 14.4 Å². The molecule has 8 heteroatoms. The Morgan fingerprint density at radius 2 is 1.83 bits per heavy atom. The lowest BCUT2D eigenvalue weighted by molar-refractivity contribution is 0.0570. The molecule has 3 N–H and O–H groups in total. The number of carbonyl (C=O) groups is 3. The third-order valence-corrected chi connectivity index (χ3v) is 3.47. The Hall–Kier alpha value is -2.77. The van der Waals surface area contributed by atoms with Gasteiger partial charge in [0.1, 0.15) is 0 Å². The molecule has 1 aliphatic heterocycles. The van der Waals surface area contributed by atoms with Crippen LogP contribution in [0.1, 0.15) is 17.3 Å². The Bertz CT molecular complexity index is 597. The minimum atomic E-state index is -0.683. The summed E-state index contributed by atoms with van der Waals surface area (Å²) >= 11 is 0. The van der Waals surface area contributed by atoms with Crippen molar-refractivity contribution < 1.29 is 19.1 Å². The van der Waals surface area contributed by atoms with E-state index >= 15 is 0 Å². The molecule has 0 bridgehead atoms. The highest BCUT2D eigenvalue weighted by molar-refractivity contribution is 5.96. The van der Waals surface area contributed by atoms with E-state index in [0.29, 0.717) is 44.0 Å². The number of rotatable bonds is 3. The first kappa shape index (κ1) is 16.6. The molecule has 1 aromatic carbocycles. The van der Waals surface area contributed by atoms with Crippen molar-refractivity contribution in [3.63, 3.8) is 0 Å². The fourth-order valence-corrected chi connectivity index (χ4v) is 2.36. The standard InChI is InChI=1S/C15H20N4O4/c1-2-23-15(22)19-8-6-18(7-9-19)13(20)11-4-3-5-12(10-11)17-14(16)21/h3-5,10H,2,6-9H2,1H3,(H3,16,17,21). The molecule has 0 aliphatic carbocycles. The molecule has 1 fully saturated rings. The van der Waals surface area contributed by atoms with Crippen molar-refractivity contribution in [3.8, 4) is 0 Å². The average Bonchev–Trinajstić information content (AvgIpc) is 2.54. The third kappa shape index (κ3) is 4.35. The lowest BCUT2D eigenvalue weighted by Crippen LogP contribution is -2.50. The summed E-state index contributed by atoms with van der Waals surface area (Å²) in [5.74, 6) is -0.151. The number of primary amides is 1. The topological polar surface area (TPSA) is 105 Å². The second-order valence-corrected chi connectivity index (χ2v) is 5.05. The van der Waals surface area contributed by atoms with Crippen LogP contribution in [0.4, 0.5) is 15.3 Å². The number of nitrogens with one attached hydrogen (secondary N) is 1. The molecule has 0 atom stereocenters. The number of anilines is 1. The monoisotopic (exact) mass is 320 g/mol. The van der Waals surface area contributed by atoms with Gasteiger partial charge in [-0.2, -0.15) is 0 Å². The molecule has 0 saturated carbocycles. The van der Waals surface area contributed by atoms with Crippen LogP contribution in [0.15, 0.2) is 24.3 Å². The van der Waals surface area contributed by atoms with Gasteiger partial charge in [0.25, 0.3) is 5.91 Å². The van der Waals surface area contributed by atoms with Gasteiger partial charge in [0.2, 0.25) is 0 Å². The van der Waals surface area contributed by atoms with E-state index in [4.69, 9.17) is 10.5 Å². The van der Waals surface area contributed by atoms with E-state index in [2.05, 4.69) is 5.32 Å². The Morgan fingerprint density at radius 1 is 1.17 bits per heavy atom. The molecule has 0 aromatic heterocycles. The first-order valence-corrected chi connectivity index (χ1v) is 7.38. The molecule has 1 saturated heterocycles. The maximum absolute atomic E-state index is 12.5. The largest absolute Gasteiger partial charge is 0.450 e. The first-order valence-electron chi connectivity index (χ1n) is 7.38. The molecule has 8 nitrogen and oxygen atoms in total. The van der Waals surface area contributed by atoms with Gasteiger partial charge >= 0.3 is 12.1 Å². The fraction of sp³-hybridized carbons (Fsp3) is 0.400. The van der Waals surface area contributed by atoms with Crippen LogP contribution in [0, 0.1) is 0 Å². The van der Waals surface area contributed by atoms with E-state index in [-0.39, 0.29) is 12.0 Å². The molecule has 124 valence electrons. The minimum absolute atomic E-state index is 0.151. The van der Waals surface area contributed by atoms with Gasteiger partial charge in [0, 0.05) is 37.4 Å². The van der Waals surface area contributed by atoms with Crippen LogP contribution >= 0.6 is 0 Å². The zero-order valence-electron chi connectivity index (χ0n) is 12.9. The number of ether oxygens (including phenoxy) is 1. The van der Waals surface area contributed by atoms with Crippen molar-refractivity contribution in [2.24, 2.45) is 5.73 Å². The van der Waals surface area contributed by atoms with E-state index in [1.807, 2.05) is 0 Å². The van der Waals surface area contributed by atoms with Crippen LogP contribution in [0.5, 0.6) is 0 Å². The molecule has 4 amide bonds. The first-order chi connectivity index (χ1) is 11.0. The zero-order valence-corrected chi connectivity index (χ0v) is 12.9. The third-order valence-electron chi connectivity index (χ3n) is 3.47. The summed E-state index contributed by atoms with van der Waals surface area (Å²) in [4.78, 5) is 38.2. The van der Waals surface area contributed by atoms with Gasteiger partial charge in [-0.05, 0) is 25.1 Å². The number of hydrogen-bond donors (Lipinski definition) is 2. The van der Waals surface area contributed by atoms with Crippen molar-refractivity contribution in [1.82, 2.24) is 9.80 Å². The van der Waals surface area contributed by atoms with Gasteiger partial charge in [-0.1, -0.05) is 6.07 Å². The maximum atomic E-state index is 12.5. The molecule has 1 aromatic rings. The maximum Gasteiger partial charge on any atom is 0.409 e. The summed E-state index contributed by atoms with van der Waals surface area (Å²) < 4.78 is 4.95. The number of carbonyl (C=O) groups excluding carboxylic acids is 3. The van der Waals surface area contributed by atoms with Crippen molar-refractivity contribution in [2.45, 2.75) is 6.92 Å². The highest BCUT2D eigenvalue weighted by Gasteiger charge is 2.25. The summed E-state index contributed by atoms with van der Waals surface area (Å²) in [5.41, 5.74) is 5.99. The Balaban J connectivity index is 1.97. The predicted molar refractivity (Wildman–Crippen MR) is 84.1 cm³/mol. The number of hydrogen-bond acceptors (Lipinski definition) is 4. The van der Waals surface area contributed by atoms with Crippen molar-refractivity contribution >= 4 is 23.7 Å². The number of benzene rings is 1. The molecular formula is C15H20N4O4. The lowest BCUT2D eigenvalue weighted by Gasteiger charge is -2.34. The summed E-state index contributed by atoms with van der Waals surface area (Å²) in [6.45, 7) is 3.83. The second-order valence-electron chi connectivity index (χ2n) is 5.05. The van der Waals surface area contributed by atoms with E-state index in [1.165, 1.54) is 0 Å². The van der Waals surface area contributed by atoms with Gasteiger partial charge in [0.05, 0.1) is 6.61 Å². The van der Waals surface area contributed by atoms with E-state index in [0.717, 1.165) is 0 Å². The number of piperazine rings is 1. The SMILES string of the molecule is CCOC(=O)N1CCN(C(=O)c2cccc(NC(N)=O)c2)CC1. The smallest absolute Gasteiger partial charge is 0.409 e. The Kier molecular flexibility index (Phi) is 5.40. The number of nitrogens with two attached hydrogens (primary N) is 1. The van der Waals surface area contributed by atoms with E-state index in [1.54, 1.807) is 41.0 Å². The average molecular weight is 320 g/mol. The van der Waals surface area contributed by atoms with Gasteiger partial charge in [-0.3, -0.25) is 4.79 Å². The molecule has 1 aliphatic rings. The number of amides is 4. The van der Waals surface area contributed by atoms with Crippen molar-refractivity contribution in [2.75, 3.05) is 38.1 Å². The predicted octanol–water partition coefficient (Wildman–Crippen LogP) is 1.09. The van der Waals surface area contributed by atoms with Gasteiger partial charge in [-0.15, -0.1) is 0 Å². The van der Waals surface area contributed by atoms with Crippen LogP contribution in [-0.4, -0.2) is 60.6 Å². The molecule has 0 radical (unpaired) electrons. The molecule has 0 spiro atoms. The Morgan fingerprint density at radius 3 is 2.43 bits per heavy atom. The molecular weight excluding hydrogens is 300 g/mol. The number of nitrogens with zero attached hydrogens (tertiary/aromatic N) is 2. The summed E-state index contributed by atoms with van der Waals surface area (Å²) in [6, 6.07) is 5.89. The van der Waals surface area contributed by atoms with Crippen molar-refractivity contribution in [1.29, 1.82) is 0 Å². The highest BCUT2D eigenvalue weighted by Crippen LogP contribution is 2.14. The summed E-state index contributed by atoms with van der Waals surface area (Å²) in [7, 11) is 0. The van der Waals surface area contributed by atoms with Crippen LogP contribution in [0.3, 0.4) is 0 Å². The fourth-order valence-electron chi connectivity index (χ4n) is 2.36. The van der Waals surface area contributed by atoms with Crippen LogP contribution in [-0.2, 0) is 4.74 Å². The summed E-state index contributed by atoms with van der Waals surface area (Å²) in [5, 5.41) is 2.44. The number of urea groups is 1. The van der Waals surface area contributed by atoms with Crippen molar-refractivity contribution in [3.05, 3.63) is 29.8 Å². The molecule has 1 heterocycles. The Labute approximate surface area is 134 Å². The molecule has 0 unspecified atom stereocenters. The zero-order chi connectivity index (χ0) is 16.8. The normalized spacial score (nSPS) is 14.3. The van der Waals surface area contributed by atoms with Crippen LogP contribution in [0.25, 0.3) is 0 Å². The van der Waals surface area contributed by atoms with Gasteiger partial charge < -0.3 is 25.6 Å². The van der Waals surface area contributed by atoms with E-state index < -0.39 is 6.03 Å². The highest BCUT2D eigenvalue weighted by atomic mass is 16.6. The molecule has 23 heavy (non-hydrogen) atoms. The van der Waals surface area contributed by atoms with Gasteiger partial charge in [0.15, 0.2) is 0 Å². The van der Waals surface area contributed by atoms with Crippen LogP contribution < -0.4 is 11.1 Å². The second kappa shape index (κ2) is 7.48. The van der Waals surface area contributed by atoms with Gasteiger partial charge in [-0.25, -0.2) is 9.59 Å². The summed E-state index contributed by atoms with van der Waals surface area (Å²) in [6.07, 6.45) is -0.354.